The van der Waals surface area contributed by atoms with E-state index in [4.69, 9.17) is 0 Å². The molecule has 0 saturated carbocycles. The SMILES string of the molecule is Cc1ccc2c(c1)[cH-]c1cc(C)ccc12.Cc1cccc2[cH-]ccc12.[Cl-].[Cl-].[Zr+2]=[C](c1ccccc1)c1ccccc1. The Hall–Kier alpha value is -3.09. The fourth-order valence-corrected chi connectivity index (χ4v) is 5.78. The van der Waals surface area contributed by atoms with Crippen LogP contribution in [0.4, 0.5) is 0 Å². The Labute approximate surface area is 270 Å². The van der Waals surface area contributed by atoms with Crippen molar-refractivity contribution in [1.82, 2.24) is 0 Å². The van der Waals surface area contributed by atoms with Gasteiger partial charge in [0.05, 0.1) is 0 Å². The molecule has 0 unspecified atom stereocenters. The van der Waals surface area contributed by atoms with Crippen LogP contribution in [0.1, 0.15) is 27.8 Å². The van der Waals surface area contributed by atoms with Crippen molar-refractivity contribution in [3.05, 3.63) is 167 Å². The van der Waals surface area contributed by atoms with E-state index in [9.17, 15) is 0 Å². The van der Waals surface area contributed by atoms with Crippen molar-refractivity contribution in [1.29, 1.82) is 0 Å². The first-order valence-electron chi connectivity index (χ1n) is 13.4. The third kappa shape index (κ3) is 8.02. The van der Waals surface area contributed by atoms with Gasteiger partial charge in [-0.05, 0) is 20.8 Å². The molecular weight excluding hydrogens is 619 g/mol. The molecule has 0 nitrogen and oxygen atoms in total. The Morgan fingerprint density at radius 1 is 0.512 bits per heavy atom. The molecule has 0 bridgehead atoms. The average Bonchev–Trinajstić information content (AvgIpc) is 3.59. The Kier molecular flexibility index (Phi) is 12.0. The fourth-order valence-electron chi connectivity index (χ4n) is 4.96. The minimum absolute atomic E-state index is 0. The first-order valence-corrected chi connectivity index (χ1v) is 14.6. The van der Waals surface area contributed by atoms with Crippen LogP contribution in [-0.4, -0.2) is 3.21 Å². The summed E-state index contributed by atoms with van der Waals surface area (Å²) in [6.07, 6.45) is 0. The summed E-state index contributed by atoms with van der Waals surface area (Å²) in [5, 5.41) is 8.18. The molecular formula is C38H32Cl2Zr-2. The van der Waals surface area contributed by atoms with Crippen LogP contribution in [-0.2, 0) is 24.2 Å². The molecule has 0 radical (unpaired) electrons. The van der Waals surface area contributed by atoms with Crippen molar-refractivity contribution in [3.8, 4) is 0 Å². The molecule has 7 aromatic carbocycles. The van der Waals surface area contributed by atoms with E-state index in [-0.39, 0.29) is 24.8 Å². The van der Waals surface area contributed by atoms with Gasteiger partial charge >= 0.3 is 99.2 Å². The van der Waals surface area contributed by atoms with Crippen LogP contribution >= 0.6 is 0 Å². The van der Waals surface area contributed by atoms with Crippen molar-refractivity contribution < 1.29 is 49.0 Å². The van der Waals surface area contributed by atoms with Crippen LogP contribution in [0.2, 0.25) is 0 Å². The van der Waals surface area contributed by atoms with Crippen molar-refractivity contribution in [3.63, 3.8) is 0 Å². The Bertz CT molecular complexity index is 1750. The number of benzene rings is 5. The summed E-state index contributed by atoms with van der Waals surface area (Å²) in [4.78, 5) is 0. The van der Waals surface area contributed by atoms with E-state index in [1.807, 2.05) is 0 Å². The van der Waals surface area contributed by atoms with Gasteiger partial charge in [0.1, 0.15) is 0 Å². The maximum atomic E-state index is 2.28. The summed E-state index contributed by atoms with van der Waals surface area (Å²) in [6.45, 7) is 6.42. The van der Waals surface area contributed by atoms with Crippen LogP contribution in [0, 0.1) is 20.8 Å². The van der Waals surface area contributed by atoms with E-state index in [0.717, 1.165) is 0 Å². The van der Waals surface area contributed by atoms with Crippen LogP contribution in [0.5, 0.6) is 0 Å². The van der Waals surface area contributed by atoms with Crippen LogP contribution in [0.25, 0.3) is 32.3 Å². The van der Waals surface area contributed by atoms with Gasteiger partial charge < -0.3 is 24.8 Å². The molecule has 3 heteroatoms. The van der Waals surface area contributed by atoms with Crippen molar-refractivity contribution in [2.45, 2.75) is 20.8 Å². The van der Waals surface area contributed by atoms with Crippen LogP contribution in [0.3, 0.4) is 0 Å². The zero-order valence-electron chi connectivity index (χ0n) is 23.5. The molecule has 204 valence electrons. The van der Waals surface area contributed by atoms with E-state index in [2.05, 4.69) is 160 Å². The van der Waals surface area contributed by atoms with Gasteiger partial charge in [-0.2, -0.15) is 12.1 Å². The maximum absolute atomic E-state index is 2.28. The number of halogens is 2. The fraction of sp³-hybridized carbons (Fsp3) is 0.0789. The molecule has 7 rings (SSSR count). The van der Waals surface area contributed by atoms with Gasteiger partial charge in [0, 0.05) is 0 Å². The van der Waals surface area contributed by atoms with E-state index < -0.39 is 0 Å². The van der Waals surface area contributed by atoms with Gasteiger partial charge in [0.2, 0.25) is 0 Å². The first kappa shape index (κ1) is 32.4. The summed E-state index contributed by atoms with van der Waals surface area (Å²) in [7, 11) is 0. The molecule has 0 aliphatic carbocycles. The second kappa shape index (κ2) is 15.2. The van der Waals surface area contributed by atoms with Gasteiger partial charge in [0.25, 0.3) is 0 Å². The molecule has 0 N–H and O–H groups in total. The quantitative estimate of drug-likeness (QED) is 0.249. The normalized spacial score (nSPS) is 10.1. The summed E-state index contributed by atoms with van der Waals surface area (Å²) < 4.78 is 1.42. The molecule has 0 atom stereocenters. The summed E-state index contributed by atoms with van der Waals surface area (Å²) >= 11 is 1.46. The third-order valence-electron chi connectivity index (χ3n) is 7.04. The Morgan fingerprint density at radius 3 is 1.51 bits per heavy atom. The number of hydrogen-bond acceptors (Lipinski definition) is 0. The number of aryl methyl sites for hydroxylation is 3. The van der Waals surface area contributed by atoms with Gasteiger partial charge in [0.15, 0.2) is 0 Å². The summed E-state index contributed by atoms with van der Waals surface area (Å²) in [6, 6.07) is 49.5. The number of hydrogen-bond donors (Lipinski definition) is 0. The second-order valence-electron chi connectivity index (χ2n) is 10.0. The third-order valence-corrected chi connectivity index (χ3v) is 8.46. The van der Waals surface area contributed by atoms with Crippen LogP contribution < -0.4 is 24.8 Å². The molecule has 0 fully saturated rings. The predicted octanol–water partition coefficient (Wildman–Crippen LogP) is 4.01. The predicted molar refractivity (Wildman–Crippen MR) is 167 cm³/mol. The molecule has 0 aliphatic heterocycles. The second-order valence-corrected chi connectivity index (χ2v) is 11.3. The molecule has 0 saturated heterocycles. The molecule has 0 spiro atoms. The molecule has 0 aliphatic rings. The van der Waals surface area contributed by atoms with E-state index >= 15 is 0 Å². The van der Waals surface area contributed by atoms with Gasteiger partial charge in [-0.1, -0.05) is 47.0 Å². The molecule has 0 aromatic heterocycles. The van der Waals surface area contributed by atoms with E-state index in [1.165, 1.54) is 87.6 Å². The van der Waals surface area contributed by atoms with Gasteiger partial charge in [-0.25, -0.2) is 0 Å². The van der Waals surface area contributed by atoms with E-state index in [1.54, 1.807) is 0 Å². The monoisotopic (exact) mass is 648 g/mol. The topological polar surface area (TPSA) is 0 Å². The molecule has 0 amide bonds. The summed E-state index contributed by atoms with van der Waals surface area (Å²) in [5.41, 5.74) is 6.68. The Morgan fingerprint density at radius 2 is 1.02 bits per heavy atom. The minimum atomic E-state index is 0. The molecule has 41 heavy (non-hydrogen) atoms. The number of fused-ring (bicyclic) bond motifs is 4. The summed E-state index contributed by atoms with van der Waals surface area (Å²) in [5.74, 6) is 0. The zero-order chi connectivity index (χ0) is 27.2. The van der Waals surface area contributed by atoms with Crippen LogP contribution in [0.15, 0.2) is 140 Å². The van der Waals surface area contributed by atoms with Crippen molar-refractivity contribution in [2.75, 3.05) is 0 Å². The van der Waals surface area contributed by atoms with Crippen molar-refractivity contribution >= 4 is 35.5 Å². The zero-order valence-corrected chi connectivity index (χ0v) is 27.5. The standard InChI is InChI=1S/C15H13.C13H10.C10H9.2ClH.Zr/c1-10-3-5-14-12(7-10)9-13-8-11(2)4-6-15(13)14;1-3-7-12(8-4-1)11-13-9-5-2-6-10-13;1-8-4-2-5-9-6-3-7-10(8)9;;;/h3-9H,1-2H3;1-10H;2-7H,1H3;2*1H;/q-1;;-1;;;+2/p-2. The molecule has 7 aromatic rings. The van der Waals surface area contributed by atoms with Crippen molar-refractivity contribution in [2.24, 2.45) is 0 Å². The molecule has 0 heterocycles. The first-order chi connectivity index (χ1) is 19.0. The average molecular weight is 651 g/mol. The van der Waals surface area contributed by atoms with E-state index in [0.29, 0.717) is 0 Å². The van der Waals surface area contributed by atoms with Gasteiger partial charge in [-0.15, -0.1) is 68.7 Å². The number of rotatable bonds is 2. The Balaban J connectivity index is 0.000000168. The van der Waals surface area contributed by atoms with Gasteiger partial charge in [-0.3, -0.25) is 0 Å².